The Morgan fingerprint density at radius 1 is 1.50 bits per heavy atom. The smallest absolute Gasteiger partial charge is 0.220 e. The number of hydrogen-bond donors (Lipinski definition) is 0. The maximum atomic E-state index is 5.92. The third-order valence-electron chi connectivity index (χ3n) is 2.41. The molecule has 0 amide bonds. The van der Waals surface area contributed by atoms with Crippen LogP contribution >= 0.6 is 0 Å². The molecule has 0 aliphatic carbocycles. The van der Waals surface area contributed by atoms with E-state index in [-0.39, 0.29) is 6.10 Å². The number of aromatic nitrogens is 1. The van der Waals surface area contributed by atoms with Crippen molar-refractivity contribution >= 4 is 13.5 Å². The lowest BCUT2D eigenvalue weighted by Crippen LogP contribution is -2.40. The highest BCUT2D eigenvalue weighted by Crippen LogP contribution is 2.28. The zero-order chi connectivity index (χ0) is 8.77. The van der Waals surface area contributed by atoms with Crippen molar-refractivity contribution in [3.05, 3.63) is 24.0 Å². The summed E-state index contributed by atoms with van der Waals surface area (Å²) in [4.78, 5) is 4.14. The van der Waals surface area contributed by atoms with Crippen LogP contribution in [0.2, 0.25) is 13.1 Å². The van der Waals surface area contributed by atoms with Crippen molar-refractivity contribution < 1.29 is 4.43 Å². The molecule has 0 spiro atoms. The Morgan fingerprint density at radius 2 is 2.25 bits per heavy atom. The van der Waals surface area contributed by atoms with Crippen molar-refractivity contribution in [2.75, 3.05) is 0 Å². The van der Waals surface area contributed by atoms with E-state index in [9.17, 15) is 0 Å². The highest BCUT2D eigenvalue weighted by Gasteiger charge is 2.37. The number of pyridine rings is 1. The van der Waals surface area contributed by atoms with Crippen molar-refractivity contribution in [3.63, 3.8) is 0 Å². The molecule has 0 saturated carbocycles. The molecule has 0 saturated heterocycles. The van der Waals surface area contributed by atoms with E-state index in [2.05, 4.69) is 31.1 Å². The Labute approximate surface area is 73.7 Å². The normalized spacial score (nSPS) is 25.4. The van der Waals surface area contributed by atoms with E-state index in [1.807, 2.05) is 12.4 Å². The fourth-order valence-corrected chi connectivity index (χ4v) is 4.34. The standard InChI is InChI=1S/C9H13NOSi/c1-7-8-4-5-10-6-9(8)12(2,3)11-7/h4-7H,1-3H3. The van der Waals surface area contributed by atoms with Crippen LogP contribution < -0.4 is 5.19 Å². The van der Waals surface area contributed by atoms with Gasteiger partial charge in [-0.15, -0.1) is 0 Å². The minimum atomic E-state index is -1.59. The number of nitrogens with zero attached hydrogens (tertiary/aromatic N) is 1. The molecule has 12 heavy (non-hydrogen) atoms. The number of hydrogen-bond acceptors (Lipinski definition) is 2. The van der Waals surface area contributed by atoms with Crippen molar-refractivity contribution in [2.45, 2.75) is 26.1 Å². The maximum absolute atomic E-state index is 5.92. The van der Waals surface area contributed by atoms with E-state index < -0.39 is 8.32 Å². The Bertz CT molecular complexity index is 311. The Kier molecular flexibility index (Phi) is 1.59. The van der Waals surface area contributed by atoms with Gasteiger partial charge in [-0.2, -0.15) is 0 Å². The third kappa shape index (κ3) is 1.01. The second-order valence-electron chi connectivity index (χ2n) is 3.73. The molecule has 1 atom stereocenters. The van der Waals surface area contributed by atoms with E-state index >= 15 is 0 Å². The van der Waals surface area contributed by atoms with Gasteiger partial charge in [0.05, 0.1) is 6.10 Å². The van der Waals surface area contributed by atoms with Gasteiger partial charge in [0.2, 0.25) is 8.32 Å². The van der Waals surface area contributed by atoms with Crippen LogP contribution in [-0.2, 0) is 4.43 Å². The Balaban J connectivity index is 2.58. The summed E-state index contributed by atoms with van der Waals surface area (Å²) < 4.78 is 5.92. The molecular formula is C9H13NOSi. The lowest BCUT2D eigenvalue weighted by molar-refractivity contribution is 0.238. The van der Waals surface area contributed by atoms with Crippen molar-refractivity contribution in [2.24, 2.45) is 0 Å². The predicted octanol–water partition coefficient (Wildman–Crippen LogP) is 1.58. The quantitative estimate of drug-likeness (QED) is 0.564. The summed E-state index contributed by atoms with van der Waals surface area (Å²) in [5.41, 5.74) is 1.33. The molecule has 1 aromatic rings. The van der Waals surface area contributed by atoms with Crippen LogP contribution in [0.15, 0.2) is 18.5 Å². The molecule has 1 aromatic heterocycles. The van der Waals surface area contributed by atoms with Crippen LogP contribution in [0, 0.1) is 0 Å². The minimum Gasteiger partial charge on any atom is -0.406 e. The Hall–Kier alpha value is -0.673. The van der Waals surface area contributed by atoms with E-state index in [0.717, 1.165) is 0 Å². The van der Waals surface area contributed by atoms with Crippen LogP contribution in [0.5, 0.6) is 0 Å². The molecule has 1 aliphatic heterocycles. The van der Waals surface area contributed by atoms with Crippen LogP contribution in [-0.4, -0.2) is 13.3 Å². The summed E-state index contributed by atoms with van der Waals surface area (Å²) in [5.74, 6) is 0. The molecule has 0 aromatic carbocycles. The lowest BCUT2D eigenvalue weighted by Gasteiger charge is -2.15. The molecule has 64 valence electrons. The average Bonchev–Trinajstić information content (AvgIpc) is 2.25. The molecule has 0 radical (unpaired) electrons. The van der Waals surface area contributed by atoms with Crippen LogP contribution in [0.3, 0.4) is 0 Å². The molecular weight excluding hydrogens is 166 g/mol. The molecule has 0 N–H and O–H groups in total. The minimum absolute atomic E-state index is 0.268. The SMILES string of the molecule is CC1O[Si](C)(C)c2cnccc21. The van der Waals surface area contributed by atoms with Gasteiger partial charge in [0.25, 0.3) is 0 Å². The highest BCUT2D eigenvalue weighted by molar-refractivity contribution is 6.85. The predicted molar refractivity (Wildman–Crippen MR) is 50.9 cm³/mol. The van der Waals surface area contributed by atoms with Gasteiger partial charge in [-0.05, 0) is 36.8 Å². The van der Waals surface area contributed by atoms with Gasteiger partial charge in [-0.25, -0.2) is 0 Å². The van der Waals surface area contributed by atoms with Gasteiger partial charge in [0.1, 0.15) is 0 Å². The van der Waals surface area contributed by atoms with Gasteiger partial charge in [0.15, 0.2) is 0 Å². The van der Waals surface area contributed by atoms with Crippen molar-refractivity contribution in [1.82, 2.24) is 4.98 Å². The summed E-state index contributed by atoms with van der Waals surface area (Å²) in [6.07, 6.45) is 4.07. The summed E-state index contributed by atoms with van der Waals surface area (Å²) in [6, 6.07) is 2.07. The average molecular weight is 179 g/mol. The zero-order valence-electron chi connectivity index (χ0n) is 7.66. The van der Waals surface area contributed by atoms with Crippen molar-refractivity contribution in [3.8, 4) is 0 Å². The maximum Gasteiger partial charge on any atom is 0.220 e. The summed E-state index contributed by atoms with van der Waals surface area (Å²) in [7, 11) is -1.59. The molecule has 2 rings (SSSR count). The first-order valence-corrected chi connectivity index (χ1v) is 7.14. The van der Waals surface area contributed by atoms with Crippen LogP contribution in [0.4, 0.5) is 0 Å². The fourth-order valence-electron chi connectivity index (χ4n) is 1.83. The van der Waals surface area contributed by atoms with Gasteiger partial charge in [-0.1, -0.05) is 0 Å². The van der Waals surface area contributed by atoms with Gasteiger partial charge in [0, 0.05) is 12.4 Å². The first-order valence-electron chi connectivity index (χ1n) is 4.23. The monoisotopic (exact) mass is 179 g/mol. The van der Waals surface area contributed by atoms with E-state index in [1.54, 1.807) is 0 Å². The first-order chi connectivity index (χ1) is 5.61. The topological polar surface area (TPSA) is 22.1 Å². The van der Waals surface area contributed by atoms with E-state index in [4.69, 9.17) is 4.43 Å². The van der Waals surface area contributed by atoms with Gasteiger partial charge >= 0.3 is 0 Å². The highest BCUT2D eigenvalue weighted by atomic mass is 28.4. The second kappa shape index (κ2) is 2.41. The van der Waals surface area contributed by atoms with Gasteiger partial charge < -0.3 is 4.43 Å². The zero-order valence-corrected chi connectivity index (χ0v) is 8.66. The lowest BCUT2D eigenvalue weighted by atomic mass is 10.2. The molecule has 1 unspecified atom stereocenters. The molecule has 1 aliphatic rings. The summed E-state index contributed by atoms with van der Waals surface area (Å²) >= 11 is 0. The van der Waals surface area contributed by atoms with Crippen LogP contribution in [0.1, 0.15) is 18.6 Å². The number of fused-ring (bicyclic) bond motifs is 1. The third-order valence-corrected chi connectivity index (χ3v) is 5.07. The second-order valence-corrected chi connectivity index (χ2v) is 7.53. The fraction of sp³-hybridized carbons (Fsp3) is 0.444. The van der Waals surface area contributed by atoms with Crippen LogP contribution in [0.25, 0.3) is 0 Å². The molecule has 3 heteroatoms. The van der Waals surface area contributed by atoms with E-state index in [1.165, 1.54) is 10.8 Å². The Morgan fingerprint density at radius 3 is 2.92 bits per heavy atom. The van der Waals surface area contributed by atoms with Gasteiger partial charge in [-0.3, -0.25) is 4.98 Å². The molecule has 0 fully saturated rings. The molecule has 2 nitrogen and oxygen atoms in total. The first kappa shape index (κ1) is 7.95. The summed E-state index contributed by atoms with van der Waals surface area (Å²) in [6.45, 7) is 6.55. The largest absolute Gasteiger partial charge is 0.406 e. The number of rotatable bonds is 0. The molecule has 2 heterocycles. The van der Waals surface area contributed by atoms with E-state index in [0.29, 0.717) is 0 Å². The van der Waals surface area contributed by atoms with Crippen molar-refractivity contribution in [1.29, 1.82) is 0 Å². The molecule has 0 bridgehead atoms. The summed E-state index contributed by atoms with van der Waals surface area (Å²) in [5, 5.41) is 1.36.